The van der Waals surface area contributed by atoms with Gasteiger partial charge in [0.15, 0.2) is 6.61 Å². The predicted octanol–water partition coefficient (Wildman–Crippen LogP) is 4.88. The van der Waals surface area contributed by atoms with E-state index in [1.807, 2.05) is 30.3 Å². The molecule has 0 aliphatic heterocycles. The molecule has 4 aromatic rings. The number of nitrogens with one attached hydrogen (secondary N) is 1. The van der Waals surface area contributed by atoms with E-state index in [0.29, 0.717) is 5.69 Å². The maximum atomic E-state index is 12.8. The van der Waals surface area contributed by atoms with Crippen LogP contribution in [0.5, 0.6) is 5.75 Å². The Kier molecular flexibility index (Phi) is 5.81. The SMILES string of the molecule is O=C(O)COc1ccc(S(=O)(=O)Nc2cccc(-c3nc4ccccc4s3)c2)cc1Cl. The molecule has 0 aliphatic carbocycles. The van der Waals surface area contributed by atoms with Gasteiger partial charge in [-0.1, -0.05) is 35.9 Å². The highest BCUT2D eigenvalue weighted by Gasteiger charge is 2.17. The van der Waals surface area contributed by atoms with Gasteiger partial charge < -0.3 is 9.84 Å². The van der Waals surface area contributed by atoms with E-state index in [9.17, 15) is 13.2 Å². The zero-order valence-corrected chi connectivity index (χ0v) is 18.2. The summed E-state index contributed by atoms with van der Waals surface area (Å²) in [7, 11) is -3.93. The first kappa shape index (κ1) is 21.1. The highest BCUT2D eigenvalue weighted by atomic mass is 35.5. The number of hydrogen-bond acceptors (Lipinski definition) is 6. The summed E-state index contributed by atoms with van der Waals surface area (Å²) in [4.78, 5) is 15.1. The number of rotatable bonds is 7. The lowest BCUT2D eigenvalue weighted by atomic mass is 10.2. The molecule has 0 amide bonds. The third-order valence-electron chi connectivity index (χ3n) is 4.22. The van der Waals surface area contributed by atoms with Crippen LogP contribution in [0.4, 0.5) is 5.69 Å². The number of fused-ring (bicyclic) bond motifs is 1. The average molecular weight is 475 g/mol. The lowest BCUT2D eigenvalue weighted by molar-refractivity contribution is -0.139. The van der Waals surface area contributed by atoms with Crippen molar-refractivity contribution in [3.63, 3.8) is 0 Å². The van der Waals surface area contributed by atoms with E-state index in [2.05, 4.69) is 9.71 Å². The van der Waals surface area contributed by atoms with Gasteiger partial charge in [0.1, 0.15) is 10.8 Å². The Balaban J connectivity index is 1.58. The molecule has 0 saturated heterocycles. The van der Waals surface area contributed by atoms with Crippen LogP contribution >= 0.6 is 22.9 Å². The summed E-state index contributed by atoms with van der Waals surface area (Å²) in [5.74, 6) is -1.08. The molecule has 0 bridgehead atoms. The number of nitrogens with zero attached hydrogens (tertiary/aromatic N) is 1. The highest BCUT2D eigenvalue weighted by Crippen LogP contribution is 2.32. The van der Waals surface area contributed by atoms with Crippen LogP contribution in [-0.4, -0.2) is 31.1 Å². The molecule has 0 radical (unpaired) electrons. The van der Waals surface area contributed by atoms with Crippen LogP contribution in [0.1, 0.15) is 0 Å². The number of aromatic nitrogens is 1. The van der Waals surface area contributed by atoms with E-state index in [4.69, 9.17) is 21.4 Å². The molecule has 31 heavy (non-hydrogen) atoms. The minimum absolute atomic E-state index is 0.00708. The van der Waals surface area contributed by atoms with E-state index in [-0.39, 0.29) is 15.7 Å². The highest BCUT2D eigenvalue weighted by molar-refractivity contribution is 7.92. The van der Waals surface area contributed by atoms with Crippen molar-refractivity contribution in [1.82, 2.24) is 4.98 Å². The van der Waals surface area contributed by atoms with Crippen molar-refractivity contribution >= 4 is 54.8 Å². The van der Waals surface area contributed by atoms with Crippen molar-refractivity contribution in [2.24, 2.45) is 0 Å². The molecule has 0 aliphatic rings. The molecular weight excluding hydrogens is 460 g/mol. The summed E-state index contributed by atoms with van der Waals surface area (Å²) in [6.07, 6.45) is 0. The van der Waals surface area contributed by atoms with Crippen LogP contribution in [0.3, 0.4) is 0 Å². The molecule has 1 aromatic heterocycles. The quantitative estimate of drug-likeness (QED) is 0.395. The number of carboxylic acid groups (broad SMARTS) is 1. The van der Waals surface area contributed by atoms with Gasteiger partial charge in [-0.25, -0.2) is 18.2 Å². The van der Waals surface area contributed by atoms with Crippen LogP contribution in [-0.2, 0) is 14.8 Å². The van der Waals surface area contributed by atoms with Gasteiger partial charge >= 0.3 is 5.97 Å². The fourth-order valence-corrected chi connectivity index (χ4v) is 5.17. The van der Waals surface area contributed by atoms with Gasteiger partial charge in [-0.3, -0.25) is 4.72 Å². The Morgan fingerprint density at radius 3 is 2.65 bits per heavy atom. The second-order valence-corrected chi connectivity index (χ2v) is 9.57. The molecule has 4 rings (SSSR count). The average Bonchev–Trinajstić information content (AvgIpc) is 3.17. The Bertz CT molecular complexity index is 1350. The van der Waals surface area contributed by atoms with Gasteiger partial charge in [-0.2, -0.15) is 0 Å². The van der Waals surface area contributed by atoms with Gasteiger partial charge in [-0.15, -0.1) is 11.3 Å². The second kappa shape index (κ2) is 8.54. The first-order valence-electron chi connectivity index (χ1n) is 8.95. The number of para-hydroxylation sites is 1. The van der Waals surface area contributed by atoms with Crippen LogP contribution in [0.2, 0.25) is 5.02 Å². The van der Waals surface area contributed by atoms with Crippen molar-refractivity contribution in [2.75, 3.05) is 11.3 Å². The number of benzene rings is 3. The van der Waals surface area contributed by atoms with Crippen LogP contribution in [0.15, 0.2) is 71.6 Å². The molecule has 2 N–H and O–H groups in total. The van der Waals surface area contributed by atoms with E-state index in [0.717, 1.165) is 20.8 Å². The summed E-state index contributed by atoms with van der Waals surface area (Å²) in [6, 6.07) is 18.5. The van der Waals surface area contributed by atoms with Gasteiger partial charge in [-0.05, 0) is 42.5 Å². The summed E-state index contributed by atoms with van der Waals surface area (Å²) in [6.45, 7) is -0.581. The monoisotopic (exact) mass is 474 g/mol. The second-order valence-electron chi connectivity index (χ2n) is 6.45. The molecule has 158 valence electrons. The summed E-state index contributed by atoms with van der Waals surface area (Å²) < 4.78 is 34.2. The van der Waals surface area contributed by atoms with Gasteiger partial charge in [0.2, 0.25) is 0 Å². The Labute approximate surface area is 187 Å². The number of sulfonamides is 1. The van der Waals surface area contributed by atoms with Crippen molar-refractivity contribution in [2.45, 2.75) is 4.90 Å². The number of thiazole rings is 1. The van der Waals surface area contributed by atoms with E-state index < -0.39 is 22.6 Å². The maximum Gasteiger partial charge on any atom is 0.341 e. The normalized spacial score (nSPS) is 11.4. The van der Waals surface area contributed by atoms with Crippen molar-refractivity contribution in [1.29, 1.82) is 0 Å². The van der Waals surface area contributed by atoms with Crippen LogP contribution in [0.25, 0.3) is 20.8 Å². The standard InChI is InChI=1S/C21H15ClN2O5S2/c22-16-11-15(8-9-18(16)29-12-20(25)26)31(27,28)24-14-5-3-4-13(10-14)21-23-17-6-1-2-7-19(17)30-21/h1-11,24H,12H2,(H,25,26). The number of anilines is 1. The van der Waals surface area contributed by atoms with Gasteiger partial charge in [0.05, 0.1) is 20.1 Å². The first-order chi connectivity index (χ1) is 14.8. The van der Waals surface area contributed by atoms with Gasteiger partial charge in [0, 0.05) is 11.3 Å². The summed E-state index contributed by atoms with van der Waals surface area (Å²) >= 11 is 7.57. The topological polar surface area (TPSA) is 106 Å². The first-order valence-corrected chi connectivity index (χ1v) is 11.6. The lowest BCUT2D eigenvalue weighted by Crippen LogP contribution is -2.13. The van der Waals surface area contributed by atoms with Crippen molar-refractivity contribution in [3.05, 3.63) is 71.8 Å². The minimum atomic E-state index is -3.93. The number of hydrogen-bond donors (Lipinski definition) is 2. The van der Waals surface area contributed by atoms with Crippen LogP contribution in [0, 0.1) is 0 Å². The zero-order chi connectivity index (χ0) is 22.0. The van der Waals surface area contributed by atoms with Crippen molar-refractivity contribution < 1.29 is 23.1 Å². The number of aliphatic carboxylic acids is 1. The molecule has 0 atom stereocenters. The number of halogens is 1. The third kappa shape index (κ3) is 4.79. The minimum Gasteiger partial charge on any atom is -0.480 e. The predicted molar refractivity (Wildman–Crippen MR) is 120 cm³/mol. The van der Waals surface area contributed by atoms with Crippen molar-refractivity contribution in [3.8, 4) is 16.3 Å². The Morgan fingerprint density at radius 2 is 1.90 bits per heavy atom. The molecule has 7 nitrogen and oxygen atoms in total. The molecular formula is C21H15ClN2O5S2. The van der Waals surface area contributed by atoms with E-state index in [1.54, 1.807) is 18.2 Å². The van der Waals surface area contributed by atoms with E-state index in [1.165, 1.54) is 29.5 Å². The number of carboxylic acids is 1. The molecule has 3 aromatic carbocycles. The van der Waals surface area contributed by atoms with Gasteiger partial charge in [0.25, 0.3) is 10.0 Å². The largest absolute Gasteiger partial charge is 0.480 e. The molecule has 10 heteroatoms. The molecule has 0 spiro atoms. The Morgan fingerprint density at radius 1 is 1.10 bits per heavy atom. The summed E-state index contributed by atoms with van der Waals surface area (Å²) in [5, 5.41) is 9.46. The molecule has 0 fully saturated rings. The third-order valence-corrected chi connectivity index (χ3v) is 6.98. The molecule has 0 unspecified atom stereocenters. The Hall–Kier alpha value is -3.14. The fourth-order valence-electron chi connectivity index (χ4n) is 2.83. The van der Waals surface area contributed by atoms with E-state index >= 15 is 0 Å². The smallest absolute Gasteiger partial charge is 0.341 e. The number of carbonyl (C=O) groups is 1. The lowest BCUT2D eigenvalue weighted by Gasteiger charge is -2.11. The summed E-state index contributed by atoms with van der Waals surface area (Å²) in [5.41, 5.74) is 2.05. The fraction of sp³-hybridized carbons (Fsp3) is 0.0476. The van der Waals surface area contributed by atoms with Crippen LogP contribution < -0.4 is 9.46 Å². The zero-order valence-electron chi connectivity index (χ0n) is 15.8. The number of ether oxygens (including phenoxy) is 1. The molecule has 0 saturated carbocycles. The maximum absolute atomic E-state index is 12.8. The molecule has 1 heterocycles.